The second kappa shape index (κ2) is 4.83. The number of allylic oxidation sites excluding steroid dienone is 1. The summed E-state index contributed by atoms with van der Waals surface area (Å²) in [5, 5.41) is 1.03. The van der Waals surface area contributed by atoms with Crippen LogP contribution in [0, 0.1) is 41.4 Å². The fraction of sp³-hybridized carbons (Fsp3) is 0.889. The maximum absolute atomic E-state index is 4.11. The quantitative estimate of drug-likeness (QED) is 0.387. The maximum Gasteiger partial charge on any atom is 0.00810 e. The maximum atomic E-state index is 4.11. The van der Waals surface area contributed by atoms with Crippen molar-refractivity contribution < 1.29 is 0 Å². The highest BCUT2D eigenvalue weighted by Crippen LogP contribution is 2.70. The van der Waals surface area contributed by atoms with Crippen LogP contribution >= 0.6 is 11.8 Å². The van der Waals surface area contributed by atoms with Gasteiger partial charge >= 0.3 is 0 Å². The van der Waals surface area contributed by atoms with Crippen molar-refractivity contribution in [2.24, 2.45) is 41.4 Å². The van der Waals surface area contributed by atoms with E-state index in [2.05, 4.69) is 31.3 Å². The lowest BCUT2D eigenvalue weighted by Crippen LogP contribution is -2.36. The lowest BCUT2D eigenvalue weighted by molar-refractivity contribution is 0.125. The Bertz CT molecular complexity index is 363. The largest absolute Gasteiger partial charge is 0.158 e. The first kappa shape index (κ1) is 12.8. The molecule has 19 heavy (non-hydrogen) atoms. The van der Waals surface area contributed by atoms with Gasteiger partial charge in [0.15, 0.2) is 0 Å². The van der Waals surface area contributed by atoms with Gasteiger partial charge in [-0.05, 0) is 79.3 Å². The summed E-state index contributed by atoms with van der Waals surface area (Å²) >= 11 is 2.33. The molecule has 4 saturated carbocycles. The summed E-state index contributed by atoms with van der Waals surface area (Å²) in [6.45, 7) is 6.43. The molecule has 4 bridgehead atoms. The normalized spacial score (nSPS) is 53.7. The molecule has 0 N–H and O–H groups in total. The molecule has 2 unspecified atom stereocenters. The number of hydrogen-bond acceptors (Lipinski definition) is 1. The van der Waals surface area contributed by atoms with Gasteiger partial charge in [0.2, 0.25) is 0 Å². The highest BCUT2D eigenvalue weighted by Gasteiger charge is 2.63. The number of hydrogen-bond donors (Lipinski definition) is 0. The summed E-state index contributed by atoms with van der Waals surface area (Å²) in [6, 6.07) is 0. The summed E-state index contributed by atoms with van der Waals surface area (Å²) in [5.74, 6) is 8.90. The van der Waals surface area contributed by atoms with Gasteiger partial charge in [0.1, 0.15) is 0 Å². The Balaban J connectivity index is 1.47. The van der Waals surface area contributed by atoms with Gasteiger partial charge in [-0.1, -0.05) is 19.4 Å². The number of unbranched alkanes of at least 4 members (excludes halogenated alkanes) is 1. The van der Waals surface area contributed by atoms with Crippen LogP contribution in [0.3, 0.4) is 0 Å². The van der Waals surface area contributed by atoms with Crippen molar-refractivity contribution in [1.29, 1.82) is 0 Å². The van der Waals surface area contributed by atoms with Crippen LogP contribution in [0.5, 0.6) is 0 Å². The molecule has 0 aliphatic heterocycles. The number of thioether (sulfide) groups is 1. The van der Waals surface area contributed by atoms with Gasteiger partial charge in [0.05, 0.1) is 0 Å². The average molecular weight is 276 g/mol. The molecule has 106 valence electrons. The molecule has 4 rings (SSSR count). The van der Waals surface area contributed by atoms with E-state index in [0.29, 0.717) is 0 Å². The zero-order chi connectivity index (χ0) is 13.0. The van der Waals surface area contributed by atoms with Crippen LogP contribution in [-0.2, 0) is 0 Å². The van der Waals surface area contributed by atoms with Gasteiger partial charge < -0.3 is 0 Å². The first-order chi connectivity index (χ1) is 9.33. The summed E-state index contributed by atoms with van der Waals surface area (Å²) < 4.78 is 0. The molecular formula is C18H28S. The molecule has 0 heterocycles. The lowest BCUT2D eigenvalue weighted by atomic mass is 9.67. The van der Waals surface area contributed by atoms with E-state index in [1.165, 1.54) is 25.0 Å². The van der Waals surface area contributed by atoms with E-state index in [1.807, 2.05) is 0 Å². The summed E-state index contributed by atoms with van der Waals surface area (Å²) in [6.07, 6.45) is 11.3. The van der Waals surface area contributed by atoms with Crippen LogP contribution in [0.25, 0.3) is 0 Å². The molecule has 0 aromatic carbocycles. The van der Waals surface area contributed by atoms with Crippen molar-refractivity contribution in [3.8, 4) is 0 Å². The van der Waals surface area contributed by atoms with E-state index >= 15 is 0 Å². The Labute approximate surface area is 122 Å². The van der Waals surface area contributed by atoms with Gasteiger partial charge in [-0.2, -0.15) is 11.8 Å². The van der Waals surface area contributed by atoms with Crippen LogP contribution in [-0.4, -0.2) is 11.0 Å². The molecule has 4 aliphatic rings. The van der Waals surface area contributed by atoms with Crippen molar-refractivity contribution >= 4 is 11.8 Å². The summed E-state index contributed by atoms with van der Waals surface area (Å²) in [4.78, 5) is 0. The van der Waals surface area contributed by atoms with E-state index < -0.39 is 0 Å². The Hall–Kier alpha value is 0.0900. The van der Waals surface area contributed by atoms with Crippen LogP contribution < -0.4 is 0 Å². The topological polar surface area (TPSA) is 0 Å². The molecule has 1 heteroatoms. The first-order valence-electron chi connectivity index (χ1n) is 8.57. The van der Waals surface area contributed by atoms with Crippen molar-refractivity contribution in [1.82, 2.24) is 0 Å². The van der Waals surface area contributed by atoms with Crippen LogP contribution in [0.4, 0.5) is 0 Å². The molecule has 0 nitrogen and oxygen atoms in total. The minimum atomic E-state index is 0.881. The SMILES string of the molecule is C=C[C@@H]1C[C@@H]2C[C@H]1C1C2[C@@H]2C[C@@H](SCCCC)[C@H]1C2. The van der Waals surface area contributed by atoms with E-state index in [9.17, 15) is 0 Å². The molecular weight excluding hydrogens is 248 g/mol. The fourth-order valence-corrected chi connectivity index (χ4v) is 8.12. The first-order valence-corrected chi connectivity index (χ1v) is 9.62. The molecule has 4 aliphatic carbocycles. The second-order valence-corrected chi connectivity index (χ2v) is 8.95. The number of rotatable bonds is 5. The monoisotopic (exact) mass is 276 g/mol. The second-order valence-electron chi connectivity index (χ2n) is 7.61. The molecule has 0 amide bonds. The predicted octanol–water partition coefficient (Wildman–Crippen LogP) is 5.00. The lowest BCUT2D eigenvalue weighted by Gasteiger charge is -2.41. The van der Waals surface area contributed by atoms with E-state index in [-0.39, 0.29) is 0 Å². The van der Waals surface area contributed by atoms with E-state index in [0.717, 1.165) is 46.7 Å². The van der Waals surface area contributed by atoms with Crippen molar-refractivity contribution in [3.63, 3.8) is 0 Å². The predicted molar refractivity (Wildman–Crippen MR) is 84.2 cm³/mol. The van der Waals surface area contributed by atoms with Crippen LogP contribution in [0.1, 0.15) is 45.4 Å². The average Bonchev–Trinajstić information content (AvgIpc) is 3.15. The smallest absolute Gasteiger partial charge is 0.00810 e. The molecule has 0 radical (unpaired) electrons. The van der Waals surface area contributed by atoms with Gasteiger partial charge in [0.25, 0.3) is 0 Å². The van der Waals surface area contributed by atoms with Gasteiger partial charge in [0, 0.05) is 5.25 Å². The molecule has 8 atom stereocenters. The molecule has 0 aromatic rings. The summed E-state index contributed by atoms with van der Waals surface area (Å²) in [7, 11) is 0. The van der Waals surface area contributed by atoms with Gasteiger partial charge in [-0.3, -0.25) is 0 Å². The van der Waals surface area contributed by atoms with Crippen molar-refractivity contribution in [2.75, 3.05) is 5.75 Å². The Kier molecular flexibility index (Phi) is 3.25. The fourth-order valence-electron chi connectivity index (χ4n) is 6.44. The zero-order valence-corrected chi connectivity index (χ0v) is 13.1. The highest BCUT2D eigenvalue weighted by molar-refractivity contribution is 7.99. The molecule has 0 spiro atoms. The molecule has 4 fully saturated rings. The zero-order valence-electron chi connectivity index (χ0n) is 12.3. The Morgan fingerprint density at radius 1 is 1.05 bits per heavy atom. The minimum Gasteiger partial charge on any atom is -0.158 e. The molecule has 0 aromatic heterocycles. The van der Waals surface area contributed by atoms with Crippen LogP contribution in [0.15, 0.2) is 12.7 Å². The third-order valence-corrected chi connectivity index (χ3v) is 8.44. The van der Waals surface area contributed by atoms with Crippen molar-refractivity contribution in [3.05, 3.63) is 12.7 Å². The van der Waals surface area contributed by atoms with E-state index in [1.54, 1.807) is 19.3 Å². The number of fused-ring (bicyclic) bond motifs is 9. The van der Waals surface area contributed by atoms with Crippen LogP contribution in [0.2, 0.25) is 0 Å². The van der Waals surface area contributed by atoms with Gasteiger partial charge in [-0.15, -0.1) is 6.58 Å². The standard InChI is InChI=1S/C18H28S/c1-3-5-6-19-16-10-13-9-15(16)18-14-8-12(17(13)18)7-11(14)4-2/h4,11-18H,2-3,5-10H2,1H3/t11-,12-,13+,14-,15-,16-,17?,18?/m1/s1. The van der Waals surface area contributed by atoms with Gasteiger partial charge in [-0.25, -0.2) is 0 Å². The molecule has 0 saturated heterocycles. The highest BCUT2D eigenvalue weighted by atomic mass is 32.2. The van der Waals surface area contributed by atoms with Crippen molar-refractivity contribution in [2.45, 2.75) is 50.7 Å². The minimum absolute atomic E-state index is 0.881. The Morgan fingerprint density at radius 2 is 1.84 bits per heavy atom. The third-order valence-electron chi connectivity index (χ3n) is 6.94. The summed E-state index contributed by atoms with van der Waals surface area (Å²) in [5.41, 5.74) is 0. The van der Waals surface area contributed by atoms with E-state index in [4.69, 9.17) is 0 Å². The third kappa shape index (κ3) is 1.79. The Morgan fingerprint density at radius 3 is 2.63 bits per heavy atom.